The number of aromatic carboxylic acids is 1. The molecule has 0 spiro atoms. The SMILES string of the molecule is CC1(C)CC(C)(C)c2nc(-c3cc(-c4ccc(C(=O)O)cc4)cs3)cnc21. The highest BCUT2D eigenvalue weighted by Gasteiger charge is 2.44. The van der Waals surface area contributed by atoms with E-state index in [4.69, 9.17) is 15.1 Å². The zero-order valence-electron chi connectivity index (χ0n) is 15.9. The average Bonchev–Trinajstić information content (AvgIpc) is 3.16. The highest BCUT2D eigenvalue weighted by atomic mass is 32.1. The Kier molecular flexibility index (Phi) is 3.96. The van der Waals surface area contributed by atoms with Crippen molar-refractivity contribution in [1.82, 2.24) is 9.97 Å². The first-order chi connectivity index (χ1) is 12.7. The molecule has 2 heterocycles. The molecular weight excluding hydrogens is 356 g/mol. The number of carboxylic acids is 1. The van der Waals surface area contributed by atoms with Crippen LogP contribution >= 0.6 is 11.3 Å². The van der Waals surface area contributed by atoms with Crippen LogP contribution in [0.5, 0.6) is 0 Å². The molecule has 4 nitrogen and oxygen atoms in total. The van der Waals surface area contributed by atoms with E-state index < -0.39 is 5.97 Å². The molecule has 0 aliphatic heterocycles. The number of hydrogen-bond donors (Lipinski definition) is 1. The van der Waals surface area contributed by atoms with E-state index in [0.717, 1.165) is 39.5 Å². The zero-order chi connectivity index (χ0) is 19.4. The molecule has 0 saturated carbocycles. The van der Waals surface area contributed by atoms with Crippen LogP contribution in [0.15, 0.2) is 41.9 Å². The number of rotatable bonds is 3. The summed E-state index contributed by atoms with van der Waals surface area (Å²) in [5, 5.41) is 11.1. The number of carboxylic acid groups (broad SMARTS) is 1. The van der Waals surface area contributed by atoms with Gasteiger partial charge in [-0.15, -0.1) is 11.3 Å². The quantitative estimate of drug-likeness (QED) is 0.651. The summed E-state index contributed by atoms with van der Waals surface area (Å²) < 4.78 is 0. The van der Waals surface area contributed by atoms with E-state index >= 15 is 0 Å². The molecule has 1 N–H and O–H groups in total. The Morgan fingerprint density at radius 2 is 1.70 bits per heavy atom. The fraction of sp³-hybridized carbons (Fsp3) is 0.318. The van der Waals surface area contributed by atoms with Crippen molar-refractivity contribution in [3.63, 3.8) is 0 Å². The predicted octanol–water partition coefficient (Wildman–Crippen LogP) is 5.53. The lowest BCUT2D eigenvalue weighted by Gasteiger charge is -2.21. The fourth-order valence-corrected chi connectivity index (χ4v) is 5.05. The number of thiophene rings is 1. The van der Waals surface area contributed by atoms with Gasteiger partial charge >= 0.3 is 5.97 Å². The van der Waals surface area contributed by atoms with E-state index in [2.05, 4.69) is 39.1 Å². The first kappa shape index (κ1) is 17.9. The van der Waals surface area contributed by atoms with Crippen molar-refractivity contribution >= 4 is 17.3 Å². The first-order valence-electron chi connectivity index (χ1n) is 8.98. The van der Waals surface area contributed by atoms with Gasteiger partial charge in [0.05, 0.1) is 33.7 Å². The molecule has 4 rings (SSSR count). The summed E-state index contributed by atoms with van der Waals surface area (Å²) in [6.45, 7) is 8.95. The Morgan fingerprint density at radius 3 is 2.37 bits per heavy atom. The third-order valence-corrected chi connectivity index (χ3v) is 6.21. The van der Waals surface area contributed by atoms with Crippen LogP contribution in [0.3, 0.4) is 0 Å². The minimum atomic E-state index is -0.911. The molecule has 138 valence electrons. The van der Waals surface area contributed by atoms with Gasteiger partial charge in [-0.25, -0.2) is 9.78 Å². The van der Waals surface area contributed by atoms with E-state index in [0.29, 0.717) is 5.56 Å². The molecule has 2 aromatic heterocycles. The molecule has 27 heavy (non-hydrogen) atoms. The normalized spacial score (nSPS) is 16.9. The van der Waals surface area contributed by atoms with Crippen LogP contribution in [0.4, 0.5) is 0 Å². The van der Waals surface area contributed by atoms with Gasteiger partial charge in [0.15, 0.2) is 0 Å². The second kappa shape index (κ2) is 5.99. The number of nitrogens with zero attached hydrogens (tertiary/aromatic N) is 2. The monoisotopic (exact) mass is 378 g/mol. The highest BCUT2D eigenvalue weighted by Crippen LogP contribution is 2.48. The van der Waals surface area contributed by atoms with Crippen molar-refractivity contribution in [3.05, 3.63) is 58.9 Å². The third kappa shape index (κ3) is 3.06. The number of aromatic nitrogens is 2. The van der Waals surface area contributed by atoms with E-state index in [-0.39, 0.29) is 10.8 Å². The fourth-order valence-electron chi connectivity index (χ4n) is 4.17. The molecule has 0 fully saturated rings. The van der Waals surface area contributed by atoms with Gasteiger partial charge in [-0.2, -0.15) is 0 Å². The molecule has 0 radical (unpaired) electrons. The molecule has 0 unspecified atom stereocenters. The second-order valence-corrected chi connectivity index (χ2v) is 9.39. The molecule has 5 heteroatoms. The standard InChI is InChI=1S/C22H22N2O2S/c1-21(2)12-22(3,4)19-18(21)23-10-16(24-19)17-9-15(11-27-17)13-5-7-14(8-6-13)20(25)26/h5-11H,12H2,1-4H3,(H,25,26). The summed E-state index contributed by atoms with van der Waals surface area (Å²) in [5.74, 6) is -0.911. The minimum Gasteiger partial charge on any atom is -0.478 e. The van der Waals surface area contributed by atoms with Crippen LogP contribution in [0.1, 0.15) is 55.9 Å². The summed E-state index contributed by atoms with van der Waals surface area (Å²) in [6, 6.07) is 9.05. The summed E-state index contributed by atoms with van der Waals surface area (Å²) in [6.07, 6.45) is 2.93. The molecule has 0 saturated heterocycles. The molecule has 3 aromatic rings. The molecule has 1 aliphatic rings. The Labute approximate surface area is 162 Å². The van der Waals surface area contributed by atoms with Crippen molar-refractivity contribution in [2.24, 2.45) is 0 Å². The van der Waals surface area contributed by atoms with Gasteiger partial charge in [0.1, 0.15) is 0 Å². The Morgan fingerprint density at radius 1 is 1.04 bits per heavy atom. The van der Waals surface area contributed by atoms with Crippen LogP contribution in [0.25, 0.3) is 21.7 Å². The van der Waals surface area contributed by atoms with E-state index in [1.807, 2.05) is 18.3 Å². The molecule has 1 aromatic carbocycles. The van der Waals surface area contributed by atoms with Crippen molar-refractivity contribution in [1.29, 1.82) is 0 Å². The van der Waals surface area contributed by atoms with Crippen molar-refractivity contribution in [3.8, 4) is 21.7 Å². The summed E-state index contributed by atoms with van der Waals surface area (Å²) in [5.41, 5.74) is 5.54. The largest absolute Gasteiger partial charge is 0.478 e. The number of carbonyl (C=O) groups is 1. The maximum absolute atomic E-state index is 11.0. The van der Waals surface area contributed by atoms with Gasteiger partial charge in [-0.3, -0.25) is 4.98 Å². The van der Waals surface area contributed by atoms with Gasteiger partial charge in [-0.1, -0.05) is 39.8 Å². The highest BCUT2D eigenvalue weighted by molar-refractivity contribution is 7.14. The van der Waals surface area contributed by atoms with Gasteiger partial charge in [-0.05, 0) is 41.1 Å². The van der Waals surface area contributed by atoms with Crippen LogP contribution in [-0.2, 0) is 10.8 Å². The van der Waals surface area contributed by atoms with Crippen molar-refractivity contribution in [2.45, 2.75) is 44.9 Å². The number of benzene rings is 1. The Balaban J connectivity index is 1.69. The van der Waals surface area contributed by atoms with E-state index in [1.165, 1.54) is 0 Å². The van der Waals surface area contributed by atoms with Crippen LogP contribution in [-0.4, -0.2) is 21.0 Å². The number of fused-ring (bicyclic) bond motifs is 1. The molecule has 0 amide bonds. The lowest BCUT2D eigenvalue weighted by molar-refractivity contribution is 0.0697. The van der Waals surface area contributed by atoms with Crippen LogP contribution < -0.4 is 0 Å². The summed E-state index contributed by atoms with van der Waals surface area (Å²) in [7, 11) is 0. The summed E-state index contributed by atoms with van der Waals surface area (Å²) >= 11 is 1.63. The lowest BCUT2D eigenvalue weighted by Crippen LogP contribution is -2.18. The van der Waals surface area contributed by atoms with Crippen LogP contribution in [0, 0.1) is 0 Å². The van der Waals surface area contributed by atoms with Gasteiger partial charge < -0.3 is 5.11 Å². The van der Waals surface area contributed by atoms with Gasteiger partial charge in [0.25, 0.3) is 0 Å². The Hall–Kier alpha value is -2.53. The lowest BCUT2D eigenvalue weighted by atomic mass is 9.83. The predicted molar refractivity (Wildman–Crippen MR) is 108 cm³/mol. The van der Waals surface area contributed by atoms with Crippen molar-refractivity contribution < 1.29 is 9.90 Å². The van der Waals surface area contributed by atoms with Crippen molar-refractivity contribution in [2.75, 3.05) is 0 Å². The second-order valence-electron chi connectivity index (χ2n) is 8.48. The molecule has 0 bridgehead atoms. The third-order valence-electron chi connectivity index (χ3n) is 5.26. The molecule has 1 aliphatic carbocycles. The van der Waals surface area contributed by atoms with E-state index in [9.17, 15) is 4.79 Å². The molecular formula is C22H22N2O2S. The minimum absolute atomic E-state index is 0.0224. The summed E-state index contributed by atoms with van der Waals surface area (Å²) in [4.78, 5) is 21.9. The number of hydrogen-bond acceptors (Lipinski definition) is 4. The first-order valence-corrected chi connectivity index (χ1v) is 9.86. The van der Waals surface area contributed by atoms with E-state index in [1.54, 1.807) is 23.5 Å². The van der Waals surface area contributed by atoms with Crippen LogP contribution in [0.2, 0.25) is 0 Å². The van der Waals surface area contributed by atoms with Gasteiger partial charge in [0.2, 0.25) is 0 Å². The molecule has 0 atom stereocenters. The smallest absolute Gasteiger partial charge is 0.335 e. The maximum Gasteiger partial charge on any atom is 0.335 e. The zero-order valence-corrected chi connectivity index (χ0v) is 16.7. The van der Waals surface area contributed by atoms with Gasteiger partial charge in [0, 0.05) is 10.8 Å². The average molecular weight is 378 g/mol. The Bertz CT molecular complexity index is 1030. The topological polar surface area (TPSA) is 63.1 Å². The maximum atomic E-state index is 11.0.